The average Bonchev–Trinajstić information content (AvgIpc) is 3.19. The summed E-state index contributed by atoms with van der Waals surface area (Å²) < 4.78 is 10.5. The molecule has 31 heavy (non-hydrogen) atoms. The minimum Gasteiger partial charge on any atom is -0.496 e. The van der Waals surface area contributed by atoms with Gasteiger partial charge in [0, 0.05) is 5.56 Å². The molecule has 1 heterocycles. The summed E-state index contributed by atoms with van der Waals surface area (Å²) >= 11 is 0. The van der Waals surface area contributed by atoms with Gasteiger partial charge in [0.25, 0.3) is 0 Å². The first-order valence-electron chi connectivity index (χ1n) is 10.3. The van der Waals surface area contributed by atoms with Crippen LogP contribution in [-0.2, 0) is 16.0 Å². The zero-order valence-electron chi connectivity index (χ0n) is 19.2. The fourth-order valence-corrected chi connectivity index (χ4v) is 3.13. The normalized spacial score (nSPS) is 15.6. The smallest absolute Gasteiger partial charge is 0.417 e. The van der Waals surface area contributed by atoms with E-state index >= 15 is 0 Å². The highest BCUT2D eigenvalue weighted by Gasteiger charge is 2.40. The third kappa shape index (κ3) is 7.82. The van der Waals surface area contributed by atoms with E-state index in [9.17, 15) is 9.59 Å². The largest absolute Gasteiger partial charge is 0.496 e. The van der Waals surface area contributed by atoms with E-state index in [4.69, 9.17) is 9.47 Å². The third-order valence-corrected chi connectivity index (χ3v) is 5.99. The topological polar surface area (TPSA) is 55.8 Å². The molecule has 1 saturated heterocycles. The lowest BCUT2D eigenvalue weighted by molar-refractivity contribution is -0.130. The zero-order valence-corrected chi connectivity index (χ0v) is 20.8. The molecule has 1 aliphatic rings. The standard InChI is InChI=1S/C20H21NO4.C2H6S2.C2H6/c1-14(17-10-6-7-11-18(17)24-2)19(22)21-16(13-25-20(21)23)12-15-8-4-3-5-9-15;1-3-4-2;1-2/h3-11,14,16H,12-13H2,1-2H3;1-2H3;1-2H3/t14-,16?;;/m0../s1. The van der Waals surface area contributed by atoms with Crippen molar-refractivity contribution in [2.24, 2.45) is 0 Å². The Bertz CT molecular complexity index is 799. The first-order chi connectivity index (χ1) is 15.0. The molecule has 0 spiro atoms. The molecule has 0 aliphatic carbocycles. The number of amides is 2. The first-order valence-corrected chi connectivity index (χ1v) is 13.2. The minimum atomic E-state index is -0.576. The van der Waals surface area contributed by atoms with Gasteiger partial charge in [-0.15, -0.1) is 0 Å². The van der Waals surface area contributed by atoms with Gasteiger partial charge >= 0.3 is 6.09 Å². The van der Waals surface area contributed by atoms with Crippen LogP contribution in [0.2, 0.25) is 0 Å². The Morgan fingerprint density at radius 2 is 1.68 bits per heavy atom. The van der Waals surface area contributed by atoms with Gasteiger partial charge in [-0.05, 0) is 37.5 Å². The number of carbonyl (C=O) groups is 2. The lowest BCUT2D eigenvalue weighted by atomic mass is 9.97. The Kier molecular flexibility index (Phi) is 12.9. The van der Waals surface area contributed by atoms with Gasteiger partial charge in [0.2, 0.25) is 5.91 Å². The zero-order chi connectivity index (χ0) is 23.2. The van der Waals surface area contributed by atoms with Crippen LogP contribution in [0.4, 0.5) is 4.79 Å². The van der Waals surface area contributed by atoms with E-state index in [-0.39, 0.29) is 18.6 Å². The summed E-state index contributed by atoms with van der Waals surface area (Å²) in [6.07, 6.45) is 4.12. The Hall–Kier alpha value is -2.12. The fourth-order valence-electron chi connectivity index (χ4n) is 3.13. The van der Waals surface area contributed by atoms with Gasteiger partial charge in [0.15, 0.2) is 0 Å². The summed E-state index contributed by atoms with van der Waals surface area (Å²) in [6.45, 7) is 6.00. The molecule has 3 rings (SSSR count). The van der Waals surface area contributed by atoms with E-state index in [0.29, 0.717) is 12.2 Å². The lowest BCUT2D eigenvalue weighted by Crippen LogP contribution is -2.42. The van der Waals surface area contributed by atoms with E-state index in [1.807, 2.05) is 68.4 Å². The molecule has 2 atom stereocenters. The van der Waals surface area contributed by atoms with Gasteiger partial charge in [0.1, 0.15) is 12.4 Å². The van der Waals surface area contributed by atoms with Crippen LogP contribution in [0.1, 0.15) is 37.8 Å². The van der Waals surface area contributed by atoms with Crippen molar-refractivity contribution in [1.29, 1.82) is 0 Å². The number of carbonyl (C=O) groups excluding carboxylic acids is 2. The molecule has 1 aliphatic heterocycles. The maximum Gasteiger partial charge on any atom is 0.417 e. The molecule has 5 nitrogen and oxygen atoms in total. The van der Waals surface area contributed by atoms with E-state index in [1.165, 1.54) is 4.90 Å². The van der Waals surface area contributed by atoms with Crippen LogP contribution in [0.15, 0.2) is 54.6 Å². The van der Waals surface area contributed by atoms with Crippen LogP contribution in [-0.4, -0.2) is 49.2 Å². The molecule has 2 amide bonds. The second kappa shape index (κ2) is 14.8. The van der Waals surface area contributed by atoms with Crippen molar-refractivity contribution in [1.82, 2.24) is 4.90 Å². The monoisotopic (exact) mass is 463 g/mol. The first kappa shape index (κ1) is 26.9. The van der Waals surface area contributed by atoms with Crippen LogP contribution in [0.3, 0.4) is 0 Å². The summed E-state index contributed by atoms with van der Waals surface area (Å²) in [5, 5.41) is 0. The summed E-state index contributed by atoms with van der Waals surface area (Å²) in [5.74, 6) is -0.136. The molecule has 0 bridgehead atoms. The van der Waals surface area contributed by atoms with Crippen molar-refractivity contribution in [2.45, 2.75) is 39.2 Å². The highest BCUT2D eigenvalue weighted by atomic mass is 33.1. The van der Waals surface area contributed by atoms with Gasteiger partial charge in [-0.1, -0.05) is 84.0 Å². The Labute approximate surface area is 194 Å². The maximum absolute atomic E-state index is 13.0. The molecule has 1 fully saturated rings. The van der Waals surface area contributed by atoms with Crippen LogP contribution in [0, 0.1) is 0 Å². The predicted molar refractivity (Wildman–Crippen MR) is 132 cm³/mol. The van der Waals surface area contributed by atoms with E-state index in [0.717, 1.165) is 11.1 Å². The number of nitrogens with zero attached hydrogens (tertiary/aromatic N) is 1. The minimum absolute atomic E-state index is 0.220. The quantitative estimate of drug-likeness (QED) is 0.487. The molecule has 2 aromatic rings. The highest BCUT2D eigenvalue weighted by Crippen LogP contribution is 2.30. The molecule has 2 aromatic carbocycles. The Morgan fingerprint density at radius 3 is 2.26 bits per heavy atom. The van der Waals surface area contributed by atoms with E-state index < -0.39 is 12.0 Å². The van der Waals surface area contributed by atoms with Crippen molar-refractivity contribution < 1.29 is 19.1 Å². The molecule has 0 N–H and O–H groups in total. The van der Waals surface area contributed by atoms with Crippen molar-refractivity contribution >= 4 is 33.6 Å². The van der Waals surface area contributed by atoms with Gasteiger partial charge in [-0.3, -0.25) is 4.79 Å². The summed E-state index contributed by atoms with van der Waals surface area (Å²) in [7, 11) is 5.11. The van der Waals surface area contributed by atoms with Crippen LogP contribution in [0.5, 0.6) is 5.75 Å². The number of hydrogen-bond donors (Lipinski definition) is 0. The van der Waals surface area contributed by atoms with Crippen LogP contribution >= 0.6 is 21.6 Å². The number of hydrogen-bond acceptors (Lipinski definition) is 6. The van der Waals surface area contributed by atoms with Crippen molar-refractivity contribution in [3.8, 4) is 5.75 Å². The second-order valence-electron chi connectivity index (χ2n) is 6.43. The lowest BCUT2D eigenvalue weighted by Gasteiger charge is -2.24. The highest BCUT2D eigenvalue weighted by molar-refractivity contribution is 8.76. The number of para-hydroxylation sites is 1. The maximum atomic E-state index is 13.0. The van der Waals surface area contributed by atoms with Crippen molar-refractivity contribution in [3.63, 3.8) is 0 Å². The molecule has 7 heteroatoms. The predicted octanol–water partition coefficient (Wildman–Crippen LogP) is 6.04. The molecule has 0 saturated carbocycles. The summed E-state index contributed by atoms with van der Waals surface area (Å²) in [4.78, 5) is 26.4. The Morgan fingerprint density at radius 1 is 1.10 bits per heavy atom. The van der Waals surface area contributed by atoms with Gasteiger partial charge in [0.05, 0.1) is 19.1 Å². The molecule has 0 radical (unpaired) electrons. The number of imide groups is 1. The fraction of sp³-hybridized carbons (Fsp3) is 0.417. The molecular formula is C24H33NO4S2. The third-order valence-electron chi connectivity index (χ3n) is 4.66. The number of ether oxygens (including phenoxy) is 2. The van der Waals surface area contributed by atoms with E-state index in [1.54, 1.807) is 35.6 Å². The molecule has 1 unspecified atom stereocenters. The van der Waals surface area contributed by atoms with E-state index in [2.05, 4.69) is 12.5 Å². The van der Waals surface area contributed by atoms with Crippen molar-refractivity contribution in [2.75, 3.05) is 26.2 Å². The average molecular weight is 464 g/mol. The number of benzene rings is 2. The van der Waals surface area contributed by atoms with Gasteiger partial charge in [-0.2, -0.15) is 0 Å². The number of rotatable bonds is 6. The molecule has 0 aromatic heterocycles. The van der Waals surface area contributed by atoms with Gasteiger partial charge in [-0.25, -0.2) is 9.69 Å². The molecule has 170 valence electrons. The summed E-state index contributed by atoms with van der Waals surface area (Å²) in [5.41, 5.74) is 1.82. The Balaban J connectivity index is 0.000000720. The SMILES string of the molecule is CC.COc1ccccc1[C@H](C)C(=O)N1C(=O)OCC1Cc1ccccc1.CSSC. The number of methoxy groups -OCH3 is 1. The summed E-state index contributed by atoms with van der Waals surface area (Å²) in [6, 6.07) is 16.8. The molecular weight excluding hydrogens is 430 g/mol. The number of cyclic esters (lactones) is 1. The van der Waals surface area contributed by atoms with Gasteiger partial charge < -0.3 is 9.47 Å². The van der Waals surface area contributed by atoms with Crippen molar-refractivity contribution in [3.05, 3.63) is 65.7 Å². The van der Waals surface area contributed by atoms with Crippen LogP contribution in [0.25, 0.3) is 0 Å². The second-order valence-corrected chi connectivity index (χ2v) is 9.09. The van der Waals surface area contributed by atoms with Crippen LogP contribution < -0.4 is 4.74 Å².